The lowest BCUT2D eigenvalue weighted by atomic mass is 10.0. The van der Waals surface area contributed by atoms with E-state index in [1.807, 2.05) is 0 Å². The Morgan fingerprint density at radius 3 is 2.23 bits per heavy atom. The molecule has 1 aliphatic carbocycles. The fraction of sp³-hybridized carbons (Fsp3) is 0.391. The van der Waals surface area contributed by atoms with Gasteiger partial charge in [-0.25, -0.2) is 0 Å². The lowest BCUT2D eigenvalue weighted by Gasteiger charge is -2.14. The Kier molecular flexibility index (Phi) is 5.63. The van der Waals surface area contributed by atoms with Gasteiger partial charge in [0, 0.05) is 17.4 Å². The summed E-state index contributed by atoms with van der Waals surface area (Å²) in [6.45, 7) is 2.10. The van der Waals surface area contributed by atoms with Crippen molar-refractivity contribution in [2.75, 3.05) is 34.7 Å². The zero-order chi connectivity index (χ0) is 22.1. The molecule has 1 heterocycles. The van der Waals surface area contributed by atoms with Crippen LogP contribution in [0, 0.1) is 11.8 Å². The number of carbonyl (C=O) groups excluding carboxylic acids is 2. The molecule has 4 rings (SSSR count). The molecule has 1 saturated carbocycles. The Labute approximate surface area is 179 Å². The minimum atomic E-state index is -0.597. The van der Waals surface area contributed by atoms with Crippen molar-refractivity contribution < 1.29 is 38.0 Å². The lowest BCUT2D eigenvalue weighted by Crippen LogP contribution is -2.11. The summed E-state index contributed by atoms with van der Waals surface area (Å²) in [5.41, 5.74) is 1.20. The van der Waals surface area contributed by atoms with Gasteiger partial charge in [-0.3, -0.25) is 9.59 Å². The van der Waals surface area contributed by atoms with Crippen LogP contribution < -0.4 is 23.7 Å². The molecule has 2 aliphatic rings. The van der Waals surface area contributed by atoms with Gasteiger partial charge in [0.15, 0.2) is 28.8 Å². The molecule has 0 bridgehead atoms. The molecule has 31 heavy (non-hydrogen) atoms. The molecule has 1 fully saturated rings. The molecule has 8 nitrogen and oxygen atoms in total. The topological polar surface area (TPSA) is 89.5 Å². The zero-order valence-electron chi connectivity index (χ0n) is 17.8. The van der Waals surface area contributed by atoms with Crippen molar-refractivity contribution >= 4 is 11.8 Å². The molecule has 2 aromatic rings. The highest BCUT2D eigenvalue weighted by atomic mass is 16.7. The minimum absolute atomic E-state index is 0.121. The number of hydrogen-bond acceptors (Lipinski definition) is 8. The third-order valence-corrected chi connectivity index (χ3v) is 5.61. The third kappa shape index (κ3) is 3.62. The number of hydrogen-bond donors (Lipinski definition) is 0. The van der Waals surface area contributed by atoms with Gasteiger partial charge in [0.25, 0.3) is 0 Å². The maximum absolute atomic E-state index is 13.4. The van der Waals surface area contributed by atoms with Crippen molar-refractivity contribution in [1.82, 2.24) is 0 Å². The van der Waals surface area contributed by atoms with Gasteiger partial charge in [-0.2, -0.15) is 0 Å². The van der Waals surface area contributed by atoms with Crippen LogP contribution in [0.3, 0.4) is 0 Å². The molecule has 0 radical (unpaired) electrons. The van der Waals surface area contributed by atoms with Crippen LogP contribution in [0.1, 0.15) is 28.8 Å². The standard InChI is InChI=1S/C23H24O8/c1-5-29-23(25)20-18(13-9-16(26-2)22(28-4)17(10-13)27-3)19(20)21(24)12-6-7-14-15(8-12)31-11-30-14/h6-10,18-20H,5,11H2,1-4H3/t18-,19-,20-/m1/s1. The Hall–Kier alpha value is -3.42. The second kappa shape index (κ2) is 8.37. The first kappa shape index (κ1) is 20.8. The molecule has 2 aromatic carbocycles. The van der Waals surface area contributed by atoms with Crippen LogP contribution in [0.15, 0.2) is 30.3 Å². The number of ether oxygens (including phenoxy) is 6. The predicted molar refractivity (Wildman–Crippen MR) is 109 cm³/mol. The second-order valence-corrected chi connectivity index (χ2v) is 7.22. The summed E-state index contributed by atoms with van der Waals surface area (Å²) in [4.78, 5) is 26.0. The summed E-state index contributed by atoms with van der Waals surface area (Å²) in [5.74, 6) is 0.380. The van der Waals surface area contributed by atoms with Crippen LogP contribution in [-0.4, -0.2) is 46.5 Å². The van der Waals surface area contributed by atoms with E-state index in [0.717, 1.165) is 5.56 Å². The van der Waals surface area contributed by atoms with E-state index in [0.29, 0.717) is 34.3 Å². The quantitative estimate of drug-likeness (QED) is 0.468. The molecule has 164 valence electrons. The van der Waals surface area contributed by atoms with E-state index in [1.165, 1.54) is 21.3 Å². The van der Waals surface area contributed by atoms with E-state index >= 15 is 0 Å². The minimum Gasteiger partial charge on any atom is -0.493 e. The Bertz CT molecular complexity index is 990. The molecule has 0 amide bonds. The summed E-state index contributed by atoms with van der Waals surface area (Å²) < 4.78 is 32.2. The van der Waals surface area contributed by atoms with Gasteiger partial charge in [-0.15, -0.1) is 0 Å². The fourth-order valence-electron chi connectivity index (χ4n) is 4.12. The smallest absolute Gasteiger partial charge is 0.310 e. The molecular weight excluding hydrogens is 404 g/mol. The van der Waals surface area contributed by atoms with Gasteiger partial charge in [0.05, 0.1) is 33.9 Å². The van der Waals surface area contributed by atoms with Crippen LogP contribution in [0.2, 0.25) is 0 Å². The number of carbonyl (C=O) groups is 2. The highest BCUT2D eigenvalue weighted by Crippen LogP contribution is 2.58. The normalized spacial score (nSPS) is 20.7. The first-order valence-electron chi connectivity index (χ1n) is 9.94. The maximum Gasteiger partial charge on any atom is 0.310 e. The summed E-state index contributed by atoms with van der Waals surface area (Å²) in [6, 6.07) is 8.57. The number of Topliss-reactive ketones (excluding diaryl/α,β-unsaturated/α-hetero) is 1. The Balaban J connectivity index is 1.70. The van der Waals surface area contributed by atoms with Crippen molar-refractivity contribution in [3.8, 4) is 28.7 Å². The number of methoxy groups -OCH3 is 3. The molecular formula is C23H24O8. The Morgan fingerprint density at radius 2 is 1.61 bits per heavy atom. The largest absolute Gasteiger partial charge is 0.493 e. The molecule has 0 spiro atoms. The van der Waals surface area contributed by atoms with Crippen molar-refractivity contribution in [1.29, 1.82) is 0 Å². The van der Waals surface area contributed by atoms with Gasteiger partial charge in [0.2, 0.25) is 12.5 Å². The van der Waals surface area contributed by atoms with E-state index in [-0.39, 0.29) is 25.1 Å². The van der Waals surface area contributed by atoms with Crippen molar-refractivity contribution in [3.63, 3.8) is 0 Å². The number of ketones is 1. The average molecular weight is 428 g/mol. The number of rotatable bonds is 8. The summed E-state index contributed by atoms with van der Waals surface area (Å²) in [6.07, 6.45) is 0. The summed E-state index contributed by atoms with van der Waals surface area (Å²) in [5, 5.41) is 0. The van der Waals surface area contributed by atoms with Crippen molar-refractivity contribution in [2.24, 2.45) is 11.8 Å². The van der Waals surface area contributed by atoms with Crippen molar-refractivity contribution in [3.05, 3.63) is 41.5 Å². The van der Waals surface area contributed by atoms with Gasteiger partial charge in [-0.1, -0.05) is 0 Å². The molecule has 1 aliphatic heterocycles. The first-order valence-corrected chi connectivity index (χ1v) is 9.94. The highest BCUT2D eigenvalue weighted by Gasteiger charge is 2.60. The molecule has 8 heteroatoms. The van der Waals surface area contributed by atoms with Gasteiger partial charge in [0.1, 0.15) is 0 Å². The highest BCUT2D eigenvalue weighted by molar-refractivity contribution is 6.05. The SMILES string of the molecule is CCOC(=O)[C@H]1[C@H](C(=O)c2ccc3c(c2)OCO3)[C@H]1c1cc(OC)c(OC)c(OC)c1. The second-order valence-electron chi connectivity index (χ2n) is 7.22. The molecule has 0 aromatic heterocycles. The van der Waals surface area contributed by atoms with Gasteiger partial charge < -0.3 is 28.4 Å². The van der Waals surface area contributed by atoms with E-state index in [1.54, 1.807) is 37.3 Å². The number of esters is 1. The maximum atomic E-state index is 13.4. The number of fused-ring (bicyclic) bond motifs is 1. The van der Waals surface area contributed by atoms with Crippen molar-refractivity contribution in [2.45, 2.75) is 12.8 Å². The molecule has 0 N–H and O–H groups in total. The van der Waals surface area contributed by atoms with Crippen LogP contribution in [0.4, 0.5) is 0 Å². The van der Waals surface area contributed by atoms with E-state index < -0.39 is 17.8 Å². The third-order valence-electron chi connectivity index (χ3n) is 5.61. The van der Waals surface area contributed by atoms with Crippen LogP contribution in [0.25, 0.3) is 0 Å². The fourth-order valence-corrected chi connectivity index (χ4v) is 4.12. The summed E-state index contributed by atoms with van der Waals surface area (Å²) >= 11 is 0. The zero-order valence-corrected chi connectivity index (χ0v) is 17.8. The van der Waals surface area contributed by atoms with E-state index in [9.17, 15) is 9.59 Å². The molecule has 0 saturated heterocycles. The molecule has 3 atom stereocenters. The first-order chi connectivity index (χ1) is 15.0. The van der Waals surface area contributed by atoms with E-state index in [4.69, 9.17) is 28.4 Å². The average Bonchev–Trinajstić information content (AvgIpc) is 3.37. The van der Waals surface area contributed by atoms with Gasteiger partial charge in [-0.05, 0) is 42.8 Å². The van der Waals surface area contributed by atoms with Gasteiger partial charge >= 0.3 is 5.97 Å². The lowest BCUT2D eigenvalue weighted by molar-refractivity contribution is -0.145. The molecule has 0 unspecified atom stereocenters. The van der Waals surface area contributed by atoms with E-state index in [2.05, 4.69) is 0 Å². The monoisotopic (exact) mass is 428 g/mol. The van der Waals surface area contributed by atoms with Crippen LogP contribution in [-0.2, 0) is 9.53 Å². The predicted octanol–water partition coefficient (Wildman–Crippen LogP) is 3.22. The van der Waals surface area contributed by atoms with Crippen LogP contribution in [0.5, 0.6) is 28.7 Å². The summed E-state index contributed by atoms with van der Waals surface area (Å²) in [7, 11) is 4.56. The van der Waals surface area contributed by atoms with Crippen LogP contribution >= 0.6 is 0 Å². The number of benzene rings is 2. The Morgan fingerprint density at radius 1 is 0.935 bits per heavy atom.